The van der Waals surface area contributed by atoms with E-state index < -0.39 is 10.2 Å². The molecule has 0 unspecified atom stereocenters. The van der Waals surface area contributed by atoms with Crippen LogP contribution in [0.25, 0.3) is 0 Å². The smallest absolute Gasteiger partial charge is 0.365 e. The number of anilines is 1. The maximum absolute atomic E-state index is 8.36. The van der Waals surface area contributed by atoms with Gasteiger partial charge in [0.25, 0.3) is 11.0 Å². The molecule has 0 saturated carbocycles. The molecule has 0 aromatic carbocycles. The molecule has 14 heteroatoms. The van der Waals surface area contributed by atoms with Crippen molar-refractivity contribution in [3.05, 3.63) is 25.4 Å². The Hall–Kier alpha value is -1.73. The second-order valence-electron chi connectivity index (χ2n) is 1.23. The minimum absolute atomic E-state index is 0. The molecule has 1 rings (SSSR count). The van der Waals surface area contributed by atoms with Crippen molar-refractivity contribution in [1.29, 1.82) is 0 Å². The minimum Gasteiger partial charge on any atom is -0.365 e. The number of rotatable bonds is 0. The average molecular weight is 233 g/mol. The van der Waals surface area contributed by atoms with Gasteiger partial charge >= 0.3 is 29.6 Å². The van der Waals surface area contributed by atoms with Gasteiger partial charge < -0.3 is 26.3 Å². The molecule has 1 aromatic heterocycles. The Kier molecular flexibility index (Phi) is 15.5. The van der Waals surface area contributed by atoms with Crippen LogP contribution in [0.4, 0.5) is 5.95 Å². The number of hydrogen-bond acceptors (Lipinski definition) is 9. The van der Waals surface area contributed by atoms with Crippen LogP contribution >= 0.6 is 0 Å². The summed E-state index contributed by atoms with van der Waals surface area (Å²) < 4.78 is 0. The van der Waals surface area contributed by atoms with Crippen LogP contribution in [0.5, 0.6) is 0 Å². The first-order valence-electron chi connectivity index (χ1n) is 2.50. The van der Waals surface area contributed by atoms with E-state index in [1.807, 2.05) is 0 Å². The fraction of sp³-hybridized carbons (Fsp3) is 0. The summed E-state index contributed by atoms with van der Waals surface area (Å²) in [6.45, 7) is 0. The summed E-state index contributed by atoms with van der Waals surface area (Å²) in [5, 5.41) is 40.4. The first kappa shape index (κ1) is 18.9. The van der Waals surface area contributed by atoms with Crippen molar-refractivity contribution in [1.82, 2.24) is 20.6 Å². The summed E-state index contributed by atoms with van der Waals surface area (Å²) in [5.74, 6) is 0.176. The zero-order valence-electron chi connectivity index (χ0n) is 7.30. The van der Waals surface area contributed by atoms with Gasteiger partial charge in [0.05, 0.1) is 5.09 Å². The Morgan fingerprint density at radius 2 is 1.67 bits per heavy atom. The van der Waals surface area contributed by atoms with Crippen LogP contribution in [0.2, 0.25) is 0 Å². The van der Waals surface area contributed by atoms with Crippen molar-refractivity contribution in [3.8, 4) is 0 Å². The van der Waals surface area contributed by atoms with Crippen LogP contribution in [0.3, 0.4) is 0 Å². The molecule has 1 aromatic rings. The summed E-state index contributed by atoms with van der Waals surface area (Å²) in [6.07, 6.45) is 0. The van der Waals surface area contributed by atoms with Crippen LogP contribution < -0.4 is 35.3 Å². The molecule has 0 saturated heterocycles. The Labute approximate surface area is 103 Å². The predicted octanol–water partition coefficient (Wildman–Crippen LogP) is -4.80. The third-order valence-electron chi connectivity index (χ3n) is 0.362. The Morgan fingerprint density at radius 3 is 1.73 bits per heavy atom. The Balaban J connectivity index is -0.000000145. The molecule has 0 radical (unpaired) electrons. The third kappa shape index (κ3) is 46.6. The van der Waals surface area contributed by atoms with E-state index in [1.54, 1.807) is 0 Å². The zero-order valence-corrected chi connectivity index (χ0v) is 9.30. The summed E-state index contributed by atoms with van der Waals surface area (Å²) in [4.78, 5) is 16.6. The molecule has 0 aliphatic carbocycles. The fourth-order valence-electron chi connectivity index (χ4n) is 0.170. The van der Waals surface area contributed by atoms with E-state index in [-0.39, 0.29) is 35.5 Å². The van der Waals surface area contributed by atoms with E-state index in [0.29, 0.717) is 0 Å². The van der Waals surface area contributed by atoms with Gasteiger partial charge in [0.1, 0.15) is 0 Å². The minimum atomic E-state index is -1.75. The Bertz CT molecular complexity index is 240. The maximum atomic E-state index is 8.36. The van der Waals surface area contributed by atoms with Gasteiger partial charge in [-0.3, -0.25) is 0 Å². The van der Waals surface area contributed by atoms with E-state index >= 15 is 0 Å². The van der Waals surface area contributed by atoms with Gasteiger partial charge in [-0.05, 0) is 5.21 Å². The average Bonchev–Trinajstić information content (AvgIpc) is 2.36. The molecule has 80 valence electrons. The maximum Gasteiger partial charge on any atom is 1.00 e. The van der Waals surface area contributed by atoms with E-state index in [9.17, 15) is 0 Å². The molecule has 0 spiro atoms. The van der Waals surface area contributed by atoms with Gasteiger partial charge in [-0.1, -0.05) is 5.10 Å². The second-order valence-corrected chi connectivity index (χ2v) is 1.23. The predicted molar refractivity (Wildman–Crippen MR) is 37.7 cm³/mol. The van der Waals surface area contributed by atoms with E-state index in [1.165, 1.54) is 0 Å². The number of nitrogens with one attached hydrogen (secondary N) is 1. The zero-order chi connectivity index (χ0) is 11.6. The van der Waals surface area contributed by atoms with Gasteiger partial charge in [-0.25, -0.2) is 0 Å². The normalized spacial score (nSPS) is 6.67. The summed E-state index contributed by atoms with van der Waals surface area (Å²) in [6, 6.07) is 0. The number of nitrogens with two attached hydrogens (primary N) is 1. The molecule has 0 bridgehead atoms. The molecule has 0 amide bonds. The van der Waals surface area contributed by atoms with Crippen LogP contribution in [0.1, 0.15) is 0 Å². The van der Waals surface area contributed by atoms with E-state index in [4.69, 9.17) is 36.4 Å². The number of aromatic nitrogens is 4. The van der Waals surface area contributed by atoms with Crippen LogP contribution in [-0.4, -0.2) is 36.0 Å². The number of hydrogen-bond donors (Lipinski definition) is 3. The van der Waals surface area contributed by atoms with Gasteiger partial charge in [0.15, 0.2) is 0 Å². The number of tetrazole rings is 1. The monoisotopic (exact) mass is 233 g/mol. The van der Waals surface area contributed by atoms with Gasteiger partial charge in [-0.15, -0.1) is 15.2 Å². The number of H-pyrrole nitrogens is 1. The molecular formula is CH4N7NaO6. The molecule has 0 atom stereocenters. The molecule has 13 nitrogen and oxygen atoms in total. The van der Waals surface area contributed by atoms with Crippen LogP contribution in [-0.2, 0) is 0 Å². The summed E-state index contributed by atoms with van der Waals surface area (Å²) in [7, 11) is 0. The molecule has 1 heterocycles. The standard InChI is InChI=1S/CH3N5.HNO3.NO3.Na/c2-1-3-5-6-4-1;2*2-1(3)4;/h(H3,2,3,4,5,6);(H,2,3,4);;/q;;-1;+1. The van der Waals surface area contributed by atoms with Crippen molar-refractivity contribution in [2.24, 2.45) is 0 Å². The SMILES string of the molecule is Nc1nn[nH]n1.O=[N+]([O-])O.O=[N+]([O-])[O-].[Na+]. The van der Waals surface area contributed by atoms with Crippen molar-refractivity contribution in [3.63, 3.8) is 0 Å². The van der Waals surface area contributed by atoms with Crippen molar-refractivity contribution in [2.75, 3.05) is 5.73 Å². The van der Waals surface area contributed by atoms with Crippen molar-refractivity contribution in [2.45, 2.75) is 0 Å². The first-order chi connectivity index (χ1) is 6.36. The topological polar surface area (TPSA) is 210 Å². The molecule has 4 N–H and O–H groups in total. The molecule has 0 aliphatic rings. The quantitative estimate of drug-likeness (QED) is 0.221. The summed E-state index contributed by atoms with van der Waals surface area (Å²) >= 11 is 0. The van der Waals surface area contributed by atoms with E-state index in [2.05, 4.69) is 20.6 Å². The number of aromatic amines is 1. The largest absolute Gasteiger partial charge is 1.00 e. The van der Waals surface area contributed by atoms with Crippen LogP contribution in [0, 0.1) is 25.4 Å². The molecule has 0 fully saturated rings. The first-order valence-corrected chi connectivity index (χ1v) is 2.50. The van der Waals surface area contributed by atoms with Crippen molar-refractivity contribution >= 4 is 5.95 Å². The van der Waals surface area contributed by atoms with Gasteiger partial charge in [0.2, 0.25) is 0 Å². The Morgan fingerprint density at radius 1 is 1.33 bits per heavy atom. The van der Waals surface area contributed by atoms with Gasteiger partial charge in [0, 0.05) is 0 Å². The second kappa shape index (κ2) is 12.3. The van der Waals surface area contributed by atoms with E-state index in [0.717, 1.165) is 0 Å². The number of nitrogen functional groups attached to an aromatic ring is 1. The van der Waals surface area contributed by atoms with Gasteiger partial charge in [-0.2, -0.15) is 5.21 Å². The van der Waals surface area contributed by atoms with Crippen molar-refractivity contribution < 1.29 is 44.9 Å². The summed E-state index contributed by atoms with van der Waals surface area (Å²) in [5.41, 5.74) is 4.96. The molecule has 0 aliphatic heterocycles. The third-order valence-corrected chi connectivity index (χ3v) is 0.362. The number of nitrogens with zero attached hydrogens (tertiary/aromatic N) is 5. The molecule has 15 heavy (non-hydrogen) atoms. The van der Waals surface area contributed by atoms with Crippen LogP contribution in [0.15, 0.2) is 0 Å². The fourth-order valence-corrected chi connectivity index (χ4v) is 0.170. The molecular weight excluding hydrogens is 229 g/mol.